The molecule has 11 nitrogen and oxygen atoms in total. The van der Waals surface area contributed by atoms with Gasteiger partial charge in [0.2, 0.25) is 0 Å². The normalized spacial score (nSPS) is 15.6. The number of aryl methyl sites for hydroxylation is 2. The Morgan fingerprint density at radius 3 is 1.55 bits per heavy atom. The maximum atomic E-state index is 15.9. The Labute approximate surface area is 603 Å². The van der Waals surface area contributed by atoms with Gasteiger partial charge in [-0.25, -0.2) is 0 Å². The number of anilines is 5. The number of carbonyl (C=O) groups excluding carboxylic acids is 2. The molecular formula is C88H77F3N6O5S. The quantitative estimate of drug-likeness (QED) is 0.0246. The van der Waals surface area contributed by atoms with Crippen LogP contribution in [-0.2, 0) is 42.2 Å². The van der Waals surface area contributed by atoms with Gasteiger partial charge in [-0.05, 0) is 182 Å². The molecular weight excluding hydrogens is 1310 g/mol. The fourth-order valence-electron chi connectivity index (χ4n) is 14.1. The minimum absolute atomic E-state index is 0.0853. The second-order valence-electron chi connectivity index (χ2n) is 26.5. The first-order chi connectivity index (χ1) is 49.9. The average molecular weight is 1390 g/mol. The molecule has 12 rings (SSSR count). The summed E-state index contributed by atoms with van der Waals surface area (Å²) in [6, 6.07) is 74.3. The van der Waals surface area contributed by atoms with E-state index in [9.17, 15) is 25.4 Å². The predicted octanol–water partition coefficient (Wildman–Crippen LogP) is 20.9. The number of alkyl halides is 3. The van der Waals surface area contributed by atoms with Crippen LogP contribution in [0.5, 0.6) is 0 Å². The molecule has 1 aliphatic carbocycles. The van der Waals surface area contributed by atoms with Gasteiger partial charge in [-0.15, -0.1) is 11.8 Å². The van der Waals surface area contributed by atoms with E-state index in [1.54, 1.807) is 24.3 Å². The van der Waals surface area contributed by atoms with Crippen molar-refractivity contribution in [2.24, 2.45) is 5.41 Å². The summed E-state index contributed by atoms with van der Waals surface area (Å²) >= 11 is 1.49. The standard InChI is InChI=1S/C88H77F3N6O5S/c1-6-96(49-50-100-82(98)47-45-78-74-26-14-10-19-61(74)53-62-20-11-15-27-75(62)78)70-39-43-73(44-40-70)97(72-41-37-69(38-42-72)95(4)5)71-35-32-60(33-36-71)31-34-66-56-86(2,3)55-65(23-18-30-81-80(59-94)84(67(57-92)58-93)102-87(81,88(89,90)91)68-24-8-7-9-25-68)85(66)103-52-51-101-83(99)48-46-79-76-28-16-12-21-63(76)54-64-22-13-17-29-77(64)79/h7-44,53-54H,6,45-52,55-56H2,1-5H3/b30-18+,34-31+,65-23+. The van der Waals surface area contributed by atoms with Crippen LogP contribution in [0.2, 0.25) is 0 Å². The predicted molar refractivity (Wildman–Crippen MR) is 410 cm³/mol. The highest BCUT2D eigenvalue weighted by Gasteiger charge is 2.65. The van der Waals surface area contributed by atoms with Crippen molar-refractivity contribution in [3.63, 3.8) is 0 Å². The third kappa shape index (κ3) is 15.7. The molecule has 0 saturated heterocycles. The van der Waals surface area contributed by atoms with Crippen LogP contribution >= 0.6 is 11.8 Å². The zero-order valence-electron chi connectivity index (χ0n) is 58.1. The molecule has 10 aromatic carbocycles. The third-order valence-corrected chi connectivity index (χ3v) is 20.2. The van der Waals surface area contributed by atoms with Crippen LogP contribution in [0.15, 0.2) is 275 Å². The van der Waals surface area contributed by atoms with Crippen LogP contribution in [0.25, 0.3) is 49.2 Å². The van der Waals surface area contributed by atoms with E-state index < -0.39 is 34.3 Å². The van der Waals surface area contributed by atoms with Gasteiger partial charge in [0.15, 0.2) is 11.3 Å². The first kappa shape index (κ1) is 71.3. The van der Waals surface area contributed by atoms with Crippen LogP contribution in [0, 0.1) is 39.4 Å². The monoisotopic (exact) mass is 1390 g/mol. The van der Waals surface area contributed by atoms with E-state index in [1.165, 1.54) is 48.2 Å². The summed E-state index contributed by atoms with van der Waals surface area (Å²) in [5, 5.41) is 39.3. The number of rotatable bonds is 24. The fourth-order valence-corrected chi connectivity index (χ4v) is 15.1. The van der Waals surface area contributed by atoms with Gasteiger partial charge in [-0.2, -0.15) is 29.0 Å². The lowest BCUT2D eigenvalue weighted by Crippen LogP contribution is -2.43. The van der Waals surface area contributed by atoms with Gasteiger partial charge in [0.25, 0.3) is 5.60 Å². The second kappa shape index (κ2) is 31.5. The lowest BCUT2D eigenvalue weighted by Gasteiger charge is -2.34. The van der Waals surface area contributed by atoms with E-state index in [0.29, 0.717) is 44.5 Å². The van der Waals surface area contributed by atoms with E-state index in [0.717, 1.165) is 104 Å². The number of hydrogen-bond donors (Lipinski definition) is 0. The number of thioether (sulfide) groups is 1. The fraction of sp³-hybridized carbons (Fsp3) is 0.216. The van der Waals surface area contributed by atoms with Gasteiger partial charge in [-0.1, -0.05) is 184 Å². The van der Waals surface area contributed by atoms with Gasteiger partial charge < -0.3 is 28.9 Å². The number of hydrogen-bond acceptors (Lipinski definition) is 12. The van der Waals surface area contributed by atoms with Crippen LogP contribution in [0.4, 0.5) is 41.6 Å². The molecule has 0 fully saturated rings. The Hall–Kier alpha value is -11.6. The average Bonchev–Trinajstić information content (AvgIpc) is 1.57. The van der Waals surface area contributed by atoms with Crippen molar-refractivity contribution < 1.29 is 37.0 Å². The SMILES string of the molecule is CCN(CCOC(=O)CCc1c2ccccc2cc2ccccc12)c1ccc(N(c2ccc(/C=C/C3=C(SCCOC(=O)CCc4c5ccccc5cc5ccccc45)C(=C/C=C/C4=C(C#N)C(=C(C#N)C#N)OC4(c4ccccc4)C(F)(F)F)/CC(C)(C)C3)cc2)c2ccc(N(C)C)cc2)cc1. The highest BCUT2D eigenvalue weighted by Crippen LogP contribution is 2.56. The molecule has 1 heterocycles. The van der Waals surface area contributed by atoms with E-state index in [4.69, 9.17) is 14.2 Å². The van der Waals surface area contributed by atoms with Gasteiger partial charge in [0.05, 0.1) is 6.54 Å². The Balaban J connectivity index is 0.809. The number of allylic oxidation sites excluding steroid dienone is 7. The maximum absolute atomic E-state index is 15.9. The Kier molecular flexibility index (Phi) is 21.8. The molecule has 2 aliphatic rings. The number of esters is 2. The van der Waals surface area contributed by atoms with Gasteiger partial charge in [0.1, 0.15) is 37.0 Å². The lowest BCUT2D eigenvalue weighted by atomic mass is 9.74. The lowest BCUT2D eigenvalue weighted by molar-refractivity contribution is -0.249. The molecule has 103 heavy (non-hydrogen) atoms. The van der Waals surface area contributed by atoms with Gasteiger partial charge in [-0.3, -0.25) is 9.59 Å². The van der Waals surface area contributed by atoms with Crippen molar-refractivity contribution in [1.82, 2.24) is 0 Å². The molecule has 0 radical (unpaired) electrons. The number of halogens is 3. The largest absolute Gasteiger partial charge is 0.465 e. The number of benzene rings is 10. The first-order valence-corrected chi connectivity index (χ1v) is 35.4. The molecule has 15 heteroatoms. The van der Waals surface area contributed by atoms with Gasteiger partial charge >= 0.3 is 18.1 Å². The smallest absolute Gasteiger partial charge is 0.437 e. The molecule has 0 spiro atoms. The molecule has 10 aromatic rings. The molecule has 1 unspecified atom stereocenters. The number of nitriles is 3. The van der Waals surface area contributed by atoms with Crippen molar-refractivity contribution >= 4 is 101 Å². The molecule has 1 atom stereocenters. The Morgan fingerprint density at radius 2 is 1.07 bits per heavy atom. The van der Waals surface area contributed by atoms with Crippen molar-refractivity contribution in [2.45, 2.75) is 71.1 Å². The summed E-state index contributed by atoms with van der Waals surface area (Å²) in [5.74, 6) is -0.967. The summed E-state index contributed by atoms with van der Waals surface area (Å²) < 4.78 is 65.2. The Morgan fingerprint density at radius 1 is 0.592 bits per heavy atom. The molecule has 0 N–H and O–H groups in total. The number of nitrogens with zero attached hydrogens (tertiary/aromatic N) is 6. The first-order valence-electron chi connectivity index (χ1n) is 34.5. The summed E-state index contributed by atoms with van der Waals surface area (Å²) in [6.07, 6.45) is 6.00. The molecule has 1 aliphatic heterocycles. The van der Waals surface area contributed by atoms with Crippen LogP contribution < -0.4 is 14.7 Å². The number of likely N-dealkylation sites (N-methyl/N-ethyl adjacent to an activating group) is 1. The molecule has 0 amide bonds. The van der Waals surface area contributed by atoms with Crippen LogP contribution in [-0.4, -0.2) is 64.3 Å². The van der Waals surface area contributed by atoms with E-state index in [-0.39, 0.29) is 49.0 Å². The van der Waals surface area contributed by atoms with Gasteiger partial charge in [0, 0.05) is 83.7 Å². The molecule has 0 saturated carbocycles. The minimum Gasteiger partial charge on any atom is -0.465 e. The van der Waals surface area contributed by atoms with Crippen molar-refractivity contribution in [2.75, 3.05) is 60.9 Å². The Bertz CT molecular complexity index is 5050. The third-order valence-electron chi connectivity index (χ3n) is 19.0. The summed E-state index contributed by atoms with van der Waals surface area (Å²) in [7, 11) is 4.02. The zero-order valence-corrected chi connectivity index (χ0v) is 59.0. The maximum Gasteiger partial charge on any atom is 0.437 e. The number of ether oxygens (including phenoxy) is 3. The molecule has 0 bridgehead atoms. The summed E-state index contributed by atoms with van der Waals surface area (Å²) in [5.41, 5.74) is 3.87. The number of fused-ring (bicyclic) bond motifs is 4. The zero-order chi connectivity index (χ0) is 72.3. The topological polar surface area (TPSA) is 143 Å². The van der Waals surface area contributed by atoms with Crippen molar-refractivity contribution in [1.29, 1.82) is 15.8 Å². The second-order valence-corrected chi connectivity index (χ2v) is 27.7. The highest BCUT2D eigenvalue weighted by atomic mass is 32.2. The molecule has 0 aromatic heterocycles. The van der Waals surface area contributed by atoms with E-state index >= 15 is 13.2 Å². The van der Waals surface area contributed by atoms with Crippen LogP contribution in [0.3, 0.4) is 0 Å². The van der Waals surface area contributed by atoms with Crippen molar-refractivity contribution in [3.8, 4) is 18.2 Å². The molecule has 516 valence electrons. The van der Waals surface area contributed by atoms with Crippen LogP contribution in [0.1, 0.15) is 68.7 Å². The van der Waals surface area contributed by atoms with Crippen molar-refractivity contribution in [3.05, 3.63) is 297 Å². The number of carbonyl (C=O) groups is 2. The summed E-state index contributed by atoms with van der Waals surface area (Å²) in [6.45, 7) is 7.88. The highest BCUT2D eigenvalue weighted by molar-refractivity contribution is 8.03. The van der Waals surface area contributed by atoms with E-state index in [1.807, 2.05) is 74.8 Å². The minimum atomic E-state index is -5.16. The summed E-state index contributed by atoms with van der Waals surface area (Å²) in [4.78, 5) is 34.3. The van der Waals surface area contributed by atoms with E-state index in [2.05, 4.69) is 175 Å².